The molecule has 0 radical (unpaired) electrons. The summed E-state index contributed by atoms with van der Waals surface area (Å²) in [6.45, 7) is 0.864. The van der Waals surface area contributed by atoms with E-state index in [2.05, 4.69) is 10.9 Å². The average Bonchev–Trinajstić information content (AvgIpc) is 3.48. The van der Waals surface area contributed by atoms with Crippen molar-refractivity contribution in [1.82, 2.24) is 15.2 Å². The van der Waals surface area contributed by atoms with Crippen molar-refractivity contribution >= 4 is 33.4 Å². The summed E-state index contributed by atoms with van der Waals surface area (Å²) in [6.07, 6.45) is 1.46. The number of hydrogen-bond acceptors (Lipinski definition) is 5. The van der Waals surface area contributed by atoms with E-state index in [1.807, 2.05) is 0 Å². The molecule has 0 saturated carbocycles. The van der Waals surface area contributed by atoms with Crippen LogP contribution >= 0.6 is 0 Å². The molecule has 3 amide bonds. The quantitative estimate of drug-likeness (QED) is 0.636. The smallest absolute Gasteiger partial charge is 0.269 e. The number of nitrogens with one attached hydrogen (secondary N) is 2. The Kier molecular flexibility index (Phi) is 6.43. The zero-order chi connectivity index (χ0) is 23.6. The van der Waals surface area contributed by atoms with E-state index in [1.54, 1.807) is 6.07 Å². The molecule has 0 spiro atoms. The highest BCUT2D eigenvalue weighted by molar-refractivity contribution is 7.89. The number of benzene rings is 2. The molecule has 2 aromatic rings. The molecule has 2 fully saturated rings. The molecule has 9 nitrogen and oxygen atoms in total. The van der Waals surface area contributed by atoms with E-state index in [-0.39, 0.29) is 29.1 Å². The summed E-state index contributed by atoms with van der Waals surface area (Å²) in [5.74, 6) is -3.04. The van der Waals surface area contributed by atoms with Crippen LogP contribution in [0.3, 0.4) is 0 Å². The number of nitrogens with zero attached hydrogens (tertiary/aromatic N) is 2. The zero-order valence-electron chi connectivity index (χ0n) is 17.7. The molecule has 2 saturated heterocycles. The van der Waals surface area contributed by atoms with Gasteiger partial charge in [0.25, 0.3) is 5.91 Å². The Balaban J connectivity index is 1.38. The third-order valence-electron chi connectivity index (χ3n) is 5.74. The topological polar surface area (TPSA) is 116 Å². The molecule has 2 aliphatic rings. The number of carbonyl (C=O) groups excluding carboxylic acids is 3. The molecular formula is C22H23FN4O5S. The number of anilines is 1. The lowest BCUT2D eigenvalue weighted by molar-refractivity contribution is -0.126. The Morgan fingerprint density at radius 2 is 1.73 bits per heavy atom. The van der Waals surface area contributed by atoms with Crippen LogP contribution in [0, 0.1) is 11.7 Å². The maximum atomic E-state index is 14.0. The first-order chi connectivity index (χ1) is 15.8. The van der Waals surface area contributed by atoms with Crippen molar-refractivity contribution in [2.75, 3.05) is 24.5 Å². The van der Waals surface area contributed by atoms with Crippen LogP contribution < -0.4 is 15.8 Å². The van der Waals surface area contributed by atoms with Crippen molar-refractivity contribution in [3.8, 4) is 0 Å². The molecule has 174 valence electrons. The van der Waals surface area contributed by atoms with Crippen LogP contribution in [0.1, 0.15) is 29.6 Å². The molecule has 0 bridgehead atoms. The third kappa shape index (κ3) is 4.74. The predicted octanol–water partition coefficient (Wildman–Crippen LogP) is 1.42. The summed E-state index contributed by atoms with van der Waals surface area (Å²) >= 11 is 0. The molecule has 4 rings (SSSR count). The van der Waals surface area contributed by atoms with E-state index < -0.39 is 39.5 Å². The van der Waals surface area contributed by atoms with Gasteiger partial charge in [-0.3, -0.25) is 25.2 Å². The van der Waals surface area contributed by atoms with Crippen LogP contribution in [0.4, 0.5) is 10.1 Å². The molecule has 2 aromatic carbocycles. The largest absolute Gasteiger partial charge is 0.309 e. The maximum Gasteiger partial charge on any atom is 0.269 e. The molecule has 33 heavy (non-hydrogen) atoms. The summed E-state index contributed by atoms with van der Waals surface area (Å²) in [6, 6.07) is 11.4. The number of halogens is 1. The summed E-state index contributed by atoms with van der Waals surface area (Å²) in [4.78, 5) is 38.5. The van der Waals surface area contributed by atoms with Gasteiger partial charge in [0.2, 0.25) is 21.8 Å². The molecule has 0 aliphatic carbocycles. The minimum Gasteiger partial charge on any atom is -0.309 e. The summed E-state index contributed by atoms with van der Waals surface area (Å²) < 4.78 is 40.8. The second kappa shape index (κ2) is 9.28. The summed E-state index contributed by atoms with van der Waals surface area (Å²) in [7, 11) is -3.69. The number of hydrazine groups is 1. The van der Waals surface area contributed by atoms with Gasteiger partial charge in [0.1, 0.15) is 5.82 Å². The third-order valence-corrected chi connectivity index (χ3v) is 7.63. The Hall–Kier alpha value is -3.31. The van der Waals surface area contributed by atoms with Crippen LogP contribution in [-0.4, -0.2) is 50.1 Å². The van der Waals surface area contributed by atoms with Crippen molar-refractivity contribution in [3.63, 3.8) is 0 Å². The number of sulfonamides is 1. The van der Waals surface area contributed by atoms with Crippen LogP contribution in [0.5, 0.6) is 0 Å². The first-order valence-electron chi connectivity index (χ1n) is 10.5. The number of para-hydroxylation sites is 1. The monoisotopic (exact) mass is 474 g/mol. The fraction of sp³-hybridized carbons (Fsp3) is 0.318. The number of carbonyl (C=O) groups is 3. The molecule has 1 atom stereocenters. The van der Waals surface area contributed by atoms with Gasteiger partial charge in [-0.25, -0.2) is 12.8 Å². The van der Waals surface area contributed by atoms with Crippen molar-refractivity contribution in [2.45, 2.75) is 24.2 Å². The normalized spacial score (nSPS) is 19.0. The molecule has 0 aromatic heterocycles. The van der Waals surface area contributed by atoms with E-state index in [9.17, 15) is 27.2 Å². The van der Waals surface area contributed by atoms with Crippen molar-refractivity contribution in [3.05, 3.63) is 59.9 Å². The van der Waals surface area contributed by atoms with Crippen LogP contribution in [0.15, 0.2) is 53.4 Å². The zero-order valence-corrected chi connectivity index (χ0v) is 18.5. The molecule has 11 heteroatoms. The maximum absolute atomic E-state index is 14.0. The van der Waals surface area contributed by atoms with Gasteiger partial charge in [0.15, 0.2) is 0 Å². The highest BCUT2D eigenvalue weighted by atomic mass is 32.2. The van der Waals surface area contributed by atoms with Gasteiger partial charge in [-0.05, 0) is 43.2 Å². The Morgan fingerprint density at radius 3 is 2.45 bits per heavy atom. The van der Waals surface area contributed by atoms with E-state index >= 15 is 0 Å². The van der Waals surface area contributed by atoms with Gasteiger partial charge in [-0.15, -0.1) is 0 Å². The first-order valence-corrected chi connectivity index (χ1v) is 12.0. The van der Waals surface area contributed by atoms with Crippen molar-refractivity contribution in [2.24, 2.45) is 5.92 Å². The van der Waals surface area contributed by atoms with Gasteiger partial charge in [-0.2, -0.15) is 4.31 Å². The second-order valence-electron chi connectivity index (χ2n) is 7.94. The van der Waals surface area contributed by atoms with E-state index in [0.29, 0.717) is 13.1 Å². The van der Waals surface area contributed by atoms with Gasteiger partial charge < -0.3 is 4.90 Å². The van der Waals surface area contributed by atoms with Crippen LogP contribution in [-0.2, 0) is 19.6 Å². The number of rotatable bonds is 5. The summed E-state index contributed by atoms with van der Waals surface area (Å²) in [5, 5.41) is 0. The number of amides is 3. The Morgan fingerprint density at radius 1 is 1.00 bits per heavy atom. The lowest BCUT2D eigenvalue weighted by Gasteiger charge is -2.17. The van der Waals surface area contributed by atoms with Crippen LogP contribution in [0.2, 0.25) is 0 Å². The standard InChI is InChI=1S/C22H23FN4O5S/c23-18-8-1-2-9-19(18)27-14-16(13-20(27)28)22(30)25-24-21(29)15-6-5-7-17(12-15)33(31,32)26-10-3-4-11-26/h1-2,5-9,12,16H,3-4,10-11,13-14H2,(H,24,29)(H,25,30). The summed E-state index contributed by atoms with van der Waals surface area (Å²) in [5.41, 5.74) is 4.68. The highest BCUT2D eigenvalue weighted by Gasteiger charge is 2.36. The lowest BCUT2D eigenvalue weighted by atomic mass is 10.1. The van der Waals surface area contributed by atoms with Gasteiger partial charge in [-0.1, -0.05) is 18.2 Å². The highest BCUT2D eigenvalue weighted by Crippen LogP contribution is 2.27. The fourth-order valence-corrected chi connectivity index (χ4v) is 5.52. The first kappa shape index (κ1) is 22.9. The molecule has 2 N–H and O–H groups in total. The molecular weight excluding hydrogens is 451 g/mol. The van der Waals surface area contributed by atoms with Crippen LogP contribution in [0.25, 0.3) is 0 Å². The fourth-order valence-electron chi connectivity index (χ4n) is 3.95. The van der Waals surface area contributed by atoms with E-state index in [4.69, 9.17) is 0 Å². The van der Waals surface area contributed by atoms with Gasteiger partial charge in [0.05, 0.1) is 16.5 Å². The predicted molar refractivity (Wildman–Crippen MR) is 117 cm³/mol. The Labute approximate surface area is 190 Å². The Bertz CT molecular complexity index is 1200. The average molecular weight is 475 g/mol. The van der Waals surface area contributed by atoms with E-state index in [0.717, 1.165) is 12.8 Å². The minimum atomic E-state index is -3.69. The lowest BCUT2D eigenvalue weighted by Crippen LogP contribution is -2.45. The second-order valence-corrected chi connectivity index (χ2v) is 9.88. The number of hydrogen-bond donors (Lipinski definition) is 2. The minimum absolute atomic E-state index is 0.00490. The SMILES string of the molecule is O=C(NNC(=O)C1CC(=O)N(c2ccccc2F)C1)c1cccc(S(=O)(=O)N2CCCC2)c1. The molecule has 1 unspecified atom stereocenters. The van der Waals surface area contributed by atoms with Gasteiger partial charge in [0, 0.05) is 31.6 Å². The molecule has 2 heterocycles. The van der Waals surface area contributed by atoms with Crippen molar-refractivity contribution < 1.29 is 27.2 Å². The van der Waals surface area contributed by atoms with Gasteiger partial charge >= 0.3 is 0 Å². The molecule has 2 aliphatic heterocycles. The van der Waals surface area contributed by atoms with Crippen molar-refractivity contribution in [1.29, 1.82) is 0 Å². The van der Waals surface area contributed by atoms with E-state index in [1.165, 1.54) is 51.7 Å².